The van der Waals surface area contributed by atoms with E-state index in [1.54, 1.807) is 6.07 Å². The first-order chi connectivity index (χ1) is 15.3. The third-order valence-corrected chi connectivity index (χ3v) is 5.47. The van der Waals surface area contributed by atoms with Crippen LogP contribution in [0.4, 0.5) is 14.5 Å². The summed E-state index contributed by atoms with van der Waals surface area (Å²) in [5.41, 5.74) is 0.00348. The van der Waals surface area contributed by atoms with Gasteiger partial charge in [0.25, 0.3) is 11.7 Å². The molecule has 5 nitrogen and oxygen atoms in total. The molecule has 1 heterocycles. The number of ketones is 1. The molecule has 0 spiro atoms. The van der Waals surface area contributed by atoms with Crippen LogP contribution >= 0.6 is 11.6 Å². The Kier molecular flexibility index (Phi) is 5.67. The first kappa shape index (κ1) is 21.5. The van der Waals surface area contributed by atoms with Gasteiger partial charge in [0.05, 0.1) is 23.7 Å². The number of aliphatic hydroxyl groups is 1. The summed E-state index contributed by atoms with van der Waals surface area (Å²) < 4.78 is 33.3. The maximum Gasteiger partial charge on any atom is 0.300 e. The van der Waals surface area contributed by atoms with Crippen LogP contribution in [0, 0.1) is 11.6 Å². The average molecular weight is 456 g/mol. The maximum atomic E-state index is 14.8. The van der Waals surface area contributed by atoms with E-state index < -0.39 is 35.1 Å². The van der Waals surface area contributed by atoms with Crippen molar-refractivity contribution in [2.24, 2.45) is 0 Å². The minimum absolute atomic E-state index is 0.00213. The number of hydrogen-bond donors (Lipinski definition) is 1. The van der Waals surface area contributed by atoms with Crippen LogP contribution in [0.1, 0.15) is 17.2 Å². The molecule has 0 bridgehead atoms. The smallest absolute Gasteiger partial charge is 0.300 e. The van der Waals surface area contributed by atoms with Crippen molar-refractivity contribution in [3.8, 4) is 5.75 Å². The van der Waals surface area contributed by atoms with Crippen LogP contribution in [0.25, 0.3) is 5.76 Å². The van der Waals surface area contributed by atoms with Crippen molar-refractivity contribution in [1.29, 1.82) is 0 Å². The predicted molar refractivity (Wildman–Crippen MR) is 116 cm³/mol. The Hall–Kier alpha value is -3.71. The molecule has 1 unspecified atom stereocenters. The number of rotatable bonds is 4. The largest absolute Gasteiger partial charge is 0.507 e. The SMILES string of the molecule is COc1ccc(N2C(=O)C(=O)/C(=C(/O)c3ccc(F)cc3)C2c2ccccc2F)cc1Cl. The van der Waals surface area contributed by atoms with E-state index in [0.29, 0.717) is 5.75 Å². The lowest BCUT2D eigenvalue weighted by molar-refractivity contribution is -0.132. The first-order valence-electron chi connectivity index (χ1n) is 9.48. The Morgan fingerprint density at radius 1 is 1.03 bits per heavy atom. The normalized spacial score (nSPS) is 17.6. The third kappa shape index (κ3) is 3.61. The van der Waals surface area contributed by atoms with Crippen LogP contribution in [0.3, 0.4) is 0 Å². The van der Waals surface area contributed by atoms with Gasteiger partial charge >= 0.3 is 0 Å². The summed E-state index contributed by atoms with van der Waals surface area (Å²) in [5, 5.41) is 11.1. The molecular formula is C24H16ClF2NO4. The number of Topliss-reactive ketones (excluding diaryl/α,β-unsaturated/α-hetero) is 1. The number of hydrogen-bond acceptors (Lipinski definition) is 4. The second kappa shape index (κ2) is 8.43. The fraction of sp³-hybridized carbons (Fsp3) is 0.0833. The molecule has 1 amide bonds. The number of carbonyl (C=O) groups excluding carboxylic acids is 2. The van der Waals surface area contributed by atoms with Crippen LogP contribution in [-0.4, -0.2) is 23.9 Å². The van der Waals surface area contributed by atoms with Crippen molar-refractivity contribution in [3.05, 3.63) is 100 Å². The van der Waals surface area contributed by atoms with Crippen molar-refractivity contribution in [2.45, 2.75) is 6.04 Å². The van der Waals surface area contributed by atoms with Gasteiger partial charge in [-0.15, -0.1) is 0 Å². The standard InChI is InChI=1S/C24H16ClF2NO4/c1-32-19-11-10-15(12-17(19)25)28-21(16-4-2-3-5-18(16)27)20(23(30)24(28)31)22(29)13-6-8-14(26)9-7-13/h2-12,21,29H,1H3/b22-20+. The lowest BCUT2D eigenvalue weighted by atomic mass is 9.94. The van der Waals surface area contributed by atoms with E-state index in [1.807, 2.05) is 0 Å². The summed E-state index contributed by atoms with van der Waals surface area (Å²) >= 11 is 6.21. The minimum Gasteiger partial charge on any atom is -0.507 e. The van der Waals surface area contributed by atoms with Crippen molar-refractivity contribution in [3.63, 3.8) is 0 Å². The summed E-state index contributed by atoms with van der Waals surface area (Å²) in [4.78, 5) is 27.1. The third-order valence-electron chi connectivity index (χ3n) is 5.18. The second-order valence-corrected chi connectivity index (χ2v) is 7.42. The molecule has 1 saturated heterocycles. The Morgan fingerprint density at radius 2 is 1.72 bits per heavy atom. The minimum atomic E-state index is -1.27. The molecule has 1 aliphatic rings. The molecule has 1 aliphatic heterocycles. The van der Waals surface area contributed by atoms with Crippen LogP contribution in [-0.2, 0) is 9.59 Å². The van der Waals surface area contributed by atoms with Gasteiger partial charge in [0.15, 0.2) is 0 Å². The first-order valence-corrected chi connectivity index (χ1v) is 9.86. The molecule has 3 aromatic rings. The monoisotopic (exact) mass is 455 g/mol. The molecule has 162 valence electrons. The van der Waals surface area contributed by atoms with E-state index in [4.69, 9.17) is 16.3 Å². The van der Waals surface area contributed by atoms with E-state index in [2.05, 4.69) is 0 Å². The van der Waals surface area contributed by atoms with Crippen LogP contribution in [0.5, 0.6) is 5.75 Å². The van der Waals surface area contributed by atoms with Crippen molar-refractivity contribution in [2.75, 3.05) is 12.0 Å². The topological polar surface area (TPSA) is 66.8 Å². The van der Waals surface area contributed by atoms with E-state index in [-0.39, 0.29) is 27.4 Å². The summed E-state index contributed by atoms with van der Waals surface area (Å²) in [6.07, 6.45) is 0. The maximum absolute atomic E-state index is 14.8. The molecule has 1 fully saturated rings. The fourth-order valence-corrected chi connectivity index (χ4v) is 3.91. The highest BCUT2D eigenvalue weighted by molar-refractivity contribution is 6.51. The lowest BCUT2D eigenvalue weighted by Gasteiger charge is -2.26. The Balaban J connectivity index is 1.96. The van der Waals surface area contributed by atoms with Gasteiger partial charge in [-0.25, -0.2) is 8.78 Å². The van der Waals surface area contributed by atoms with E-state index in [1.165, 1.54) is 55.6 Å². The van der Waals surface area contributed by atoms with Crippen LogP contribution in [0.15, 0.2) is 72.3 Å². The number of ether oxygens (including phenoxy) is 1. The molecule has 4 rings (SSSR count). The molecule has 0 aromatic heterocycles. The quantitative estimate of drug-likeness (QED) is 0.331. The number of halogens is 3. The van der Waals surface area contributed by atoms with Crippen LogP contribution < -0.4 is 9.64 Å². The molecule has 32 heavy (non-hydrogen) atoms. The van der Waals surface area contributed by atoms with Gasteiger partial charge in [-0.2, -0.15) is 0 Å². The summed E-state index contributed by atoms with van der Waals surface area (Å²) in [6.45, 7) is 0. The van der Waals surface area contributed by atoms with E-state index in [9.17, 15) is 23.5 Å². The average Bonchev–Trinajstić information content (AvgIpc) is 3.04. The molecule has 8 heteroatoms. The fourth-order valence-electron chi connectivity index (χ4n) is 3.66. The Labute approximate surface area is 187 Å². The highest BCUT2D eigenvalue weighted by Crippen LogP contribution is 2.44. The molecule has 0 radical (unpaired) electrons. The Bertz CT molecular complexity index is 1260. The zero-order valence-electron chi connectivity index (χ0n) is 16.7. The zero-order valence-corrected chi connectivity index (χ0v) is 17.4. The van der Waals surface area contributed by atoms with E-state index >= 15 is 0 Å². The molecule has 0 aliphatic carbocycles. The number of aliphatic hydroxyl groups excluding tert-OH is 1. The van der Waals surface area contributed by atoms with Gasteiger partial charge in [0, 0.05) is 16.8 Å². The Morgan fingerprint density at radius 3 is 2.34 bits per heavy atom. The van der Waals surface area contributed by atoms with Gasteiger partial charge in [0.1, 0.15) is 23.1 Å². The highest BCUT2D eigenvalue weighted by atomic mass is 35.5. The zero-order chi connectivity index (χ0) is 23.0. The predicted octanol–water partition coefficient (Wildman–Crippen LogP) is 5.25. The van der Waals surface area contributed by atoms with Gasteiger partial charge in [0.2, 0.25) is 0 Å². The summed E-state index contributed by atoms with van der Waals surface area (Å²) in [6, 6.07) is 13.5. The van der Waals surface area contributed by atoms with Crippen molar-refractivity contribution in [1.82, 2.24) is 0 Å². The van der Waals surface area contributed by atoms with Crippen LogP contribution in [0.2, 0.25) is 5.02 Å². The summed E-state index contributed by atoms with van der Waals surface area (Å²) in [7, 11) is 1.43. The number of methoxy groups -OCH3 is 1. The molecule has 0 saturated carbocycles. The van der Waals surface area contributed by atoms with Gasteiger partial charge in [-0.05, 0) is 48.5 Å². The lowest BCUT2D eigenvalue weighted by Crippen LogP contribution is -2.29. The highest BCUT2D eigenvalue weighted by Gasteiger charge is 2.47. The van der Waals surface area contributed by atoms with Crippen molar-refractivity contribution < 1.29 is 28.2 Å². The number of benzene rings is 3. The van der Waals surface area contributed by atoms with E-state index in [0.717, 1.165) is 17.0 Å². The molecular weight excluding hydrogens is 440 g/mol. The summed E-state index contributed by atoms with van der Waals surface area (Å²) in [5.74, 6) is -3.39. The number of carbonyl (C=O) groups is 2. The van der Waals surface area contributed by atoms with Gasteiger partial charge in [-0.1, -0.05) is 29.8 Å². The number of nitrogens with zero attached hydrogens (tertiary/aromatic N) is 1. The van der Waals surface area contributed by atoms with Crippen molar-refractivity contribution >= 4 is 34.7 Å². The second-order valence-electron chi connectivity index (χ2n) is 7.02. The number of anilines is 1. The molecule has 1 N–H and O–H groups in total. The number of amides is 1. The van der Waals surface area contributed by atoms with Gasteiger partial charge in [-0.3, -0.25) is 14.5 Å². The van der Waals surface area contributed by atoms with Gasteiger partial charge < -0.3 is 9.84 Å². The molecule has 3 aromatic carbocycles. The molecule has 1 atom stereocenters.